The first kappa shape index (κ1) is 20.8. The average molecular weight is 377 g/mol. The molecule has 1 aromatic carbocycles. The van der Waals surface area contributed by atoms with Crippen LogP contribution in [0.15, 0.2) is 23.2 Å². The molecule has 2 N–H and O–H groups in total. The van der Waals surface area contributed by atoms with Crippen LogP contribution < -0.4 is 20.1 Å². The number of piperazine rings is 1. The summed E-state index contributed by atoms with van der Waals surface area (Å²) in [6, 6.07) is 5.76. The third kappa shape index (κ3) is 6.32. The van der Waals surface area contributed by atoms with E-state index in [-0.39, 0.29) is 5.91 Å². The van der Waals surface area contributed by atoms with E-state index in [9.17, 15) is 4.79 Å². The topological polar surface area (TPSA) is 78.4 Å². The highest BCUT2D eigenvalue weighted by molar-refractivity contribution is 5.79. The molecule has 0 radical (unpaired) electrons. The van der Waals surface area contributed by atoms with Gasteiger partial charge in [0, 0.05) is 71.4 Å². The fourth-order valence-electron chi connectivity index (χ4n) is 3.02. The zero-order valence-corrected chi connectivity index (χ0v) is 16.7. The molecule has 8 nitrogen and oxygen atoms in total. The molecule has 2 rings (SSSR count). The van der Waals surface area contributed by atoms with Crippen molar-refractivity contribution in [3.05, 3.63) is 23.8 Å². The van der Waals surface area contributed by atoms with Gasteiger partial charge in [0.1, 0.15) is 11.5 Å². The molecule has 150 valence electrons. The molecule has 0 saturated carbocycles. The summed E-state index contributed by atoms with van der Waals surface area (Å²) >= 11 is 0. The average Bonchev–Trinajstić information content (AvgIpc) is 2.70. The molecule has 0 bridgehead atoms. The maximum atomic E-state index is 11.4. The van der Waals surface area contributed by atoms with Crippen LogP contribution in [0, 0.1) is 0 Å². The summed E-state index contributed by atoms with van der Waals surface area (Å²) in [5.74, 6) is 2.45. The summed E-state index contributed by atoms with van der Waals surface area (Å²) in [6.45, 7) is 7.37. The zero-order chi connectivity index (χ0) is 19.6. The highest BCUT2D eigenvalue weighted by Gasteiger charge is 2.17. The molecule has 27 heavy (non-hydrogen) atoms. The first-order valence-electron chi connectivity index (χ1n) is 9.20. The minimum absolute atomic E-state index is 0.159. The number of nitrogens with one attached hydrogen (secondary N) is 2. The van der Waals surface area contributed by atoms with Crippen molar-refractivity contribution in [3.8, 4) is 11.5 Å². The normalized spacial score (nSPS) is 15.4. The molecule has 1 amide bonds. The van der Waals surface area contributed by atoms with Crippen molar-refractivity contribution in [2.45, 2.75) is 13.5 Å². The van der Waals surface area contributed by atoms with Crippen LogP contribution >= 0.6 is 0 Å². The van der Waals surface area contributed by atoms with E-state index in [0.717, 1.165) is 62.3 Å². The number of nitrogens with zero attached hydrogens (tertiary/aromatic N) is 3. The number of amides is 1. The number of hydrogen-bond acceptors (Lipinski definition) is 5. The summed E-state index contributed by atoms with van der Waals surface area (Å²) in [7, 11) is 5.04. The van der Waals surface area contributed by atoms with Crippen molar-refractivity contribution in [1.82, 2.24) is 20.4 Å². The lowest BCUT2D eigenvalue weighted by Gasteiger charge is -2.34. The van der Waals surface area contributed by atoms with Crippen molar-refractivity contribution >= 4 is 11.9 Å². The second-order valence-corrected chi connectivity index (χ2v) is 6.38. The third-order valence-electron chi connectivity index (χ3n) is 4.70. The Balaban J connectivity index is 1.74. The Kier molecular flexibility index (Phi) is 8.19. The molecule has 0 spiro atoms. The Bertz CT molecular complexity index is 642. The molecular formula is C19H31N5O3. The number of rotatable bonds is 7. The minimum atomic E-state index is 0.159. The second kappa shape index (κ2) is 10.6. The lowest BCUT2D eigenvalue weighted by molar-refractivity contribution is -0.130. The zero-order valence-electron chi connectivity index (χ0n) is 16.7. The predicted molar refractivity (Wildman–Crippen MR) is 106 cm³/mol. The molecule has 0 aliphatic carbocycles. The number of guanidine groups is 1. The molecule has 0 atom stereocenters. The van der Waals surface area contributed by atoms with Crippen molar-refractivity contribution in [3.63, 3.8) is 0 Å². The predicted octanol–water partition coefficient (Wildman–Crippen LogP) is 0.533. The maximum absolute atomic E-state index is 11.4. The largest absolute Gasteiger partial charge is 0.497 e. The van der Waals surface area contributed by atoms with Gasteiger partial charge in [-0.1, -0.05) is 0 Å². The Labute approximate surface area is 161 Å². The third-order valence-corrected chi connectivity index (χ3v) is 4.70. The van der Waals surface area contributed by atoms with Gasteiger partial charge in [-0.3, -0.25) is 14.7 Å². The maximum Gasteiger partial charge on any atom is 0.219 e. The van der Waals surface area contributed by atoms with Gasteiger partial charge in [-0.2, -0.15) is 0 Å². The van der Waals surface area contributed by atoms with Crippen LogP contribution in [0.25, 0.3) is 0 Å². The van der Waals surface area contributed by atoms with Gasteiger partial charge in [0.05, 0.1) is 14.2 Å². The van der Waals surface area contributed by atoms with E-state index < -0.39 is 0 Å². The Morgan fingerprint density at radius 3 is 2.48 bits per heavy atom. The number of ether oxygens (including phenoxy) is 2. The van der Waals surface area contributed by atoms with Crippen molar-refractivity contribution < 1.29 is 14.3 Å². The summed E-state index contributed by atoms with van der Waals surface area (Å²) in [6.07, 6.45) is 0. The van der Waals surface area contributed by atoms with E-state index in [4.69, 9.17) is 9.47 Å². The van der Waals surface area contributed by atoms with Gasteiger partial charge in [-0.25, -0.2) is 0 Å². The molecule has 1 heterocycles. The van der Waals surface area contributed by atoms with Gasteiger partial charge < -0.3 is 25.0 Å². The quantitative estimate of drug-likeness (QED) is 0.533. The van der Waals surface area contributed by atoms with E-state index in [1.165, 1.54) is 0 Å². The van der Waals surface area contributed by atoms with E-state index in [1.807, 2.05) is 23.1 Å². The molecule has 1 aliphatic rings. The first-order chi connectivity index (χ1) is 13.1. The molecule has 1 fully saturated rings. The first-order valence-corrected chi connectivity index (χ1v) is 9.20. The smallest absolute Gasteiger partial charge is 0.219 e. The molecule has 1 aromatic rings. The molecule has 0 aromatic heterocycles. The van der Waals surface area contributed by atoms with Crippen LogP contribution in [0.1, 0.15) is 12.5 Å². The van der Waals surface area contributed by atoms with Gasteiger partial charge in [-0.05, 0) is 12.1 Å². The second-order valence-electron chi connectivity index (χ2n) is 6.38. The summed E-state index contributed by atoms with van der Waals surface area (Å²) in [5, 5.41) is 6.64. The van der Waals surface area contributed by atoms with E-state index in [0.29, 0.717) is 6.54 Å². The lowest BCUT2D eigenvalue weighted by atomic mass is 10.2. The Hall–Kier alpha value is -2.48. The molecule has 1 aliphatic heterocycles. The van der Waals surface area contributed by atoms with Crippen LogP contribution in [0.4, 0.5) is 0 Å². The number of carbonyl (C=O) groups excluding carboxylic acids is 1. The van der Waals surface area contributed by atoms with Gasteiger partial charge in [-0.15, -0.1) is 0 Å². The molecular weight excluding hydrogens is 346 g/mol. The standard InChI is InChI=1S/C19H31N5O3/c1-15(25)24-11-9-23(10-12-24)8-7-21-19(20-2)22-14-16-5-6-17(26-3)13-18(16)27-4/h5-6,13H,7-12,14H2,1-4H3,(H2,20,21,22). The van der Waals surface area contributed by atoms with E-state index in [2.05, 4.69) is 20.5 Å². The van der Waals surface area contributed by atoms with E-state index >= 15 is 0 Å². The molecule has 8 heteroatoms. The van der Waals surface area contributed by atoms with Crippen molar-refractivity contribution in [2.24, 2.45) is 4.99 Å². The van der Waals surface area contributed by atoms with Gasteiger partial charge in [0.2, 0.25) is 5.91 Å². The SMILES string of the molecule is CN=C(NCCN1CCN(C(C)=O)CC1)NCc1ccc(OC)cc1OC. The Morgan fingerprint density at radius 1 is 1.15 bits per heavy atom. The molecule has 1 saturated heterocycles. The minimum Gasteiger partial charge on any atom is -0.497 e. The number of carbonyl (C=O) groups is 1. The van der Waals surface area contributed by atoms with Gasteiger partial charge in [0.25, 0.3) is 0 Å². The number of benzene rings is 1. The van der Waals surface area contributed by atoms with Crippen molar-refractivity contribution in [2.75, 3.05) is 60.5 Å². The monoisotopic (exact) mass is 377 g/mol. The fourth-order valence-corrected chi connectivity index (χ4v) is 3.02. The lowest BCUT2D eigenvalue weighted by Crippen LogP contribution is -2.50. The van der Waals surface area contributed by atoms with Gasteiger partial charge >= 0.3 is 0 Å². The fraction of sp³-hybridized carbons (Fsp3) is 0.579. The number of methoxy groups -OCH3 is 2. The number of aliphatic imine (C=N–C) groups is 1. The van der Waals surface area contributed by atoms with Crippen LogP contribution in [-0.4, -0.2) is 82.2 Å². The molecule has 0 unspecified atom stereocenters. The van der Waals surface area contributed by atoms with Crippen LogP contribution in [0.3, 0.4) is 0 Å². The van der Waals surface area contributed by atoms with E-state index in [1.54, 1.807) is 28.2 Å². The summed E-state index contributed by atoms with van der Waals surface area (Å²) in [4.78, 5) is 19.9. The van der Waals surface area contributed by atoms with Gasteiger partial charge in [0.15, 0.2) is 5.96 Å². The summed E-state index contributed by atoms with van der Waals surface area (Å²) in [5.41, 5.74) is 1.03. The summed E-state index contributed by atoms with van der Waals surface area (Å²) < 4.78 is 10.7. The van der Waals surface area contributed by atoms with Crippen molar-refractivity contribution in [1.29, 1.82) is 0 Å². The Morgan fingerprint density at radius 2 is 1.89 bits per heavy atom. The van der Waals surface area contributed by atoms with Crippen LogP contribution in [-0.2, 0) is 11.3 Å². The number of hydrogen-bond donors (Lipinski definition) is 2. The highest BCUT2D eigenvalue weighted by Crippen LogP contribution is 2.24. The van der Waals surface area contributed by atoms with Crippen LogP contribution in [0.5, 0.6) is 11.5 Å². The van der Waals surface area contributed by atoms with Crippen LogP contribution in [0.2, 0.25) is 0 Å². The highest BCUT2D eigenvalue weighted by atomic mass is 16.5.